The molecule has 0 amide bonds. The van der Waals surface area contributed by atoms with E-state index in [0.717, 1.165) is 12.0 Å². The summed E-state index contributed by atoms with van der Waals surface area (Å²) in [5, 5.41) is 10.3. The lowest BCUT2D eigenvalue weighted by molar-refractivity contribution is -0.0000851. The Hall–Kier alpha value is -0.890. The fourth-order valence-corrected chi connectivity index (χ4v) is 1.64. The molecule has 1 nitrogen and oxygen atoms in total. The molecule has 1 aromatic rings. The van der Waals surface area contributed by atoms with Crippen LogP contribution < -0.4 is 0 Å². The zero-order valence-corrected chi connectivity index (χ0v) is 9.84. The van der Waals surface area contributed by atoms with Crippen LogP contribution in [0.1, 0.15) is 38.3 Å². The highest BCUT2D eigenvalue weighted by Gasteiger charge is 2.29. The third kappa shape index (κ3) is 2.37. The first-order chi connectivity index (χ1) is 6.89. The molecule has 0 spiro atoms. The minimum absolute atomic E-state index is 0.155. The van der Waals surface area contributed by atoms with Crippen LogP contribution >= 0.6 is 0 Å². The molecule has 0 aliphatic carbocycles. The van der Waals surface area contributed by atoms with Crippen molar-refractivity contribution in [3.8, 4) is 0 Å². The normalized spacial score (nSPS) is 17.2. The van der Waals surface area contributed by atoms with Gasteiger partial charge < -0.3 is 5.11 Å². The van der Waals surface area contributed by atoms with E-state index in [9.17, 15) is 9.50 Å². The van der Waals surface area contributed by atoms with Gasteiger partial charge in [-0.3, -0.25) is 0 Å². The van der Waals surface area contributed by atoms with Crippen molar-refractivity contribution >= 4 is 0 Å². The molecule has 0 fully saturated rings. The number of benzene rings is 1. The predicted molar refractivity (Wildman–Crippen MR) is 60.2 cm³/mol. The summed E-state index contributed by atoms with van der Waals surface area (Å²) < 4.78 is 13.1. The van der Waals surface area contributed by atoms with Gasteiger partial charge in [0.05, 0.1) is 5.60 Å². The molecule has 0 bridgehead atoms. The van der Waals surface area contributed by atoms with E-state index in [1.165, 1.54) is 6.07 Å². The molecule has 1 N–H and O–H groups in total. The van der Waals surface area contributed by atoms with Gasteiger partial charge in [0.15, 0.2) is 0 Å². The summed E-state index contributed by atoms with van der Waals surface area (Å²) in [6.45, 7) is 7.54. The standard InChI is InChI=1S/C13H19FO/c1-5-10(3)13(4,15)11-6-7-12(14)9(2)8-11/h6-8,10,15H,5H2,1-4H3. The molecule has 0 radical (unpaired) electrons. The van der Waals surface area contributed by atoms with E-state index in [1.807, 2.05) is 13.8 Å². The smallest absolute Gasteiger partial charge is 0.126 e. The van der Waals surface area contributed by atoms with Gasteiger partial charge in [0.2, 0.25) is 0 Å². The van der Waals surface area contributed by atoms with E-state index < -0.39 is 5.60 Å². The number of aryl methyl sites for hydroxylation is 1. The minimum atomic E-state index is -0.882. The van der Waals surface area contributed by atoms with E-state index in [4.69, 9.17) is 0 Å². The molecule has 84 valence electrons. The summed E-state index contributed by atoms with van der Waals surface area (Å²) >= 11 is 0. The maximum Gasteiger partial charge on any atom is 0.126 e. The van der Waals surface area contributed by atoms with Gasteiger partial charge in [0, 0.05) is 0 Å². The van der Waals surface area contributed by atoms with Gasteiger partial charge in [-0.25, -0.2) is 4.39 Å². The Morgan fingerprint density at radius 2 is 2.07 bits per heavy atom. The second-order valence-corrected chi connectivity index (χ2v) is 4.42. The lowest BCUT2D eigenvalue weighted by atomic mass is 9.82. The van der Waals surface area contributed by atoms with Crippen molar-refractivity contribution in [3.05, 3.63) is 35.1 Å². The zero-order chi connectivity index (χ0) is 11.6. The van der Waals surface area contributed by atoms with Crippen molar-refractivity contribution in [2.75, 3.05) is 0 Å². The van der Waals surface area contributed by atoms with Crippen LogP contribution in [-0.2, 0) is 5.60 Å². The topological polar surface area (TPSA) is 20.2 Å². The summed E-state index contributed by atoms with van der Waals surface area (Å²) in [6.07, 6.45) is 0.892. The highest BCUT2D eigenvalue weighted by Crippen LogP contribution is 2.31. The molecule has 1 rings (SSSR count). The second-order valence-electron chi connectivity index (χ2n) is 4.42. The van der Waals surface area contributed by atoms with Gasteiger partial charge in [-0.1, -0.05) is 32.4 Å². The van der Waals surface area contributed by atoms with Crippen LogP contribution in [0.3, 0.4) is 0 Å². The van der Waals surface area contributed by atoms with Crippen LogP contribution in [0.5, 0.6) is 0 Å². The third-order valence-corrected chi connectivity index (χ3v) is 3.31. The average molecular weight is 210 g/mol. The summed E-state index contributed by atoms with van der Waals surface area (Å²) in [4.78, 5) is 0. The molecule has 0 aliphatic rings. The fourth-order valence-electron chi connectivity index (χ4n) is 1.64. The van der Waals surface area contributed by atoms with E-state index in [-0.39, 0.29) is 11.7 Å². The van der Waals surface area contributed by atoms with Crippen LogP contribution in [0.4, 0.5) is 4.39 Å². The SMILES string of the molecule is CCC(C)C(C)(O)c1ccc(F)c(C)c1. The first-order valence-electron chi connectivity index (χ1n) is 5.38. The zero-order valence-electron chi connectivity index (χ0n) is 9.84. The van der Waals surface area contributed by atoms with Crippen molar-refractivity contribution < 1.29 is 9.50 Å². The predicted octanol–water partition coefficient (Wildman–Crippen LogP) is 3.39. The quantitative estimate of drug-likeness (QED) is 0.810. The highest BCUT2D eigenvalue weighted by molar-refractivity contribution is 5.28. The van der Waals surface area contributed by atoms with Crippen molar-refractivity contribution in [3.63, 3.8) is 0 Å². The van der Waals surface area contributed by atoms with Crippen molar-refractivity contribution in [1.29, 1.82) is 0 Å². The van der Waals surface area contributed by atoms with Crippen LogP contribution in [0, 0.1) is 18.7 Å². The molecule has 2 heteroatoms. The Balaban J connectivity index is 3.10. The van der Waals surface area contributed by atoms with E-state index in [0.29, 0.717) is 5.56 Å². The van der Waals surface area contributed by atoms with E-state index in [2.05, 4.69) is 0 Å². The minimum Gasteiger partial charge on any atom is -0.385 e. The molecular weight excluding hydrogens is 191 g/mol. The first kappa shape index (κ1) is 12.2. The van der Waals surface area contributed by atoms with Gasteiger partial charge in [-0.05, 0) is 37.0 Å². The van der Waals surface area contributed by atoms with Crippen LogP contribution in [0.15, 0.2) is 18.2 Å². The Morgan fingerprint density at radius 1 is 1.47 bits per heavy atom. The van der Waals surface area contributed by atoms with Gasteiger partial charge in [-0.15, -0.1) is 0 Å². The first-order valence-corrected chi connectivity index (χ1v) is 5.38. The van der Waals surface area contributed by atoms with E-state index in [1.54, 1.807) is 26.0 Å². The average Bonchev–Trinajstić information content (AvgIpc) is 2.20. The molecule has 2 unspecified atom stereocenters. The Kier molecular flexibility index (Phi) is 3.50. The maximum atomic E-state index is 13.1. The maximum absolute atomic E-state index is 13.1. The molecule has 0 heterocycles. The molecule has 0 aromatic heterocycles. The van der Waals surface area contributed by atoms with Crippen molar-refractivity contribution in [2.24, 2.45) is 5.92 Å². The third-order valence-electron chi connectivity index (χ3n) is 3.31. The fraction of sp³-hybridized carbons (Fsp3) is 0.538. The van der Waals surface area contributed by atoms with Crippen LogP contribution in [0.2, 0.25) is 0 Å². The summed E-state index contributed by atoms with van der Waals surface area (Å²) in [7, 11) is 0. The Labute approximate surface area is 90.9 Å². The number of rotatable bonds is 3. The number of hydrogen-bond acceptors (Lipinski definition) is 1. The van der Waals surface area contributed by atoms with Crippen molar-refractivity contribution in [1.82, 2.24) is 0 Å². The van der Waals surface area contributed by atoms with Gasteiger partial charge in [0.1, 0.15) is 5.82 Å². The molecule has 1 aromatic carbocycles. The number of aliphatic hydroxyl groups is 1. The van der Waals surface area contributed by atoms with Crippen LogP contribution in [-0.4, -0.2) is 5.11 Å². The molecule has 2 atom stereocenters. The summed E-state index contributed by atoms with van der Waals surface area (Å²) in [5.74, 6) is -0.0685. The Morgan fingerprint density at radius 3 is 2.53 bits per heavy atom. The molecule has 0 saturated carbocycles. The molecular formula is C13H19FO. The Bertz CT molecular complexity index is 344. The lowest BCUT2D eigenvalue weighted by Crippen LogP contribution is -2.29. The molecule has 15 heavy (non-hydrogen) atoms. The van der Waals surface area contributed by atoms with Gasteiger partial charge in [-0.2, -0.15) is 0 Å². The molecule has 0 saturated heterocycles. The lowest BCUT2D eigenvalue weighted by Gasteiger charge is -2.30. The van der Waals surface area contributed by atoms with Crippen LogP contribution in [0.25, 0.3) is 0 Å². The summed E-state index contributed by atoms with van der Waals surface area (Å²) in [5.41, 5.74) is 0.486. The highest BCUT2D eigenvalue weighted by atomic mass is 19.1. The van der Waals surface area contributed by atoms with Gasteiger partial charge in [0.25, 0.3) is 0 Å². The molecule has 0 aliphatic heterocycles. The van der Waals surface area contributed by atoms with Gasteiger partial charge >= 0.3 is 0 Å². The van der Waals surface area contributed by atoms with E-state index >= 15 is 0 Å². The summed E-state index contributed by atoms with van der Waals surface area (Å²) in [6, 6.07) is 4.80. The number of hydrogen-bond donors (Lipinski definition) is 1. The largest absolute Gasteiger partial charge is 0.385 e. The monoisotopic (exact) mass is 210 g/mol. The van der Waals surface area contributed by atoms with Crippen molar-refractivity contribution in [2.45, 2.75) is 39.7 Å². The number of halogens is 1. The second kappa shape index (κ2) is 4.31.